The highest BCUT2D eigenvalue weighted by molar-refractivity contribution is 5.29. The second kappa shape index (κ2) is 7.51. The Morgan fingerprint density at radius 2 is 2.05 bits per heavy atom. The summed E-state index contributed by atoms with van der Waals surface area (Å²) in [5.41, 5.74) is 7.11. The van der Waals surface area contributed by atoms with Crippen molar-refractivity contribution in [2.24, 2.45) is 11.7 Å². The second-order valence-corrected chi connectivity index (χ2v) is 5.33. The third-order valence-corrected chi connectivity index (χ3v) is 3.71. The highest BCUT2D eigenvalue weighted by Gasteiger charge is 2.20. The van der Waals surface area contributed by atoms with Crippen LogP contribution in [0.3, 0.4) is 0 Å². The molecule has 1 fully saturated rings. The molecule has 1 unspecified atom stereocenters. The average Bonchev–Trinajstić information content (AvgIpc) is 3.25. The molecule has 2 rings (SSSR count). The highest BCUT2D eigenvalue weighted by Crippen LogP contribution is 2.33. The maximum Gasteiger partial charge on any atom is 0.119 e. The van der Waals surface area contributed by atoms with Crippen LogP contribution in [0.5, 0.6) is 5.75 Å². The van der Waals surface area contributed by atoms with Crippen LogP contribution in [0.2, 0.25) is 0 Å². The molecule has 1 atom stereocenters. The van der Waals surface area contributed by atoms with Gasteiger partial charge in [0.2, 0.25) is 0 Å². The third kappa shape index (κ3) is 4.84. The summed E-state index contributed by atoms with van der Waals surface area (Å²) in [6.45, 7) is 4.40. The average molecular weight is 262 g/mol. The van der Waals surface area contributed by atoms with Gasteiger partial charge in [-0.1, -0.05) is 25.0 Å². The van der Waals surface area contributed by atoms with Gasteiger partial charge in [-0.05, 0) is 49.9 Å². The van der Waals surface area contributed by atoms with E-state index in [1.165, 1.54) is 31.2 Å². The molecule has 0 spiro atoms. The van der Waals surface area contributed by atoms with Gasteiger partial charge in [-0.2, -0.15) is 0 Å². The lowest BCUT2D eigenvalue weighted by Gasteiger charge is -2.17. The summed E-state index contributed by atoms with van der Waals surface area (Å²) in [4.78, 5) is 0. The van der Waals surface area contributed by atoms with Crippen molar-refractivity contribution in [3.63, 3.8) is 0 Å². The fourth-order valence-electron chi connectivity index (χ4n) is 2.37. The summed E-state index contributed by atoms with van der Waals surface area (Å²) in [7, 11) is 0. The van der Waals surface area contributed by atoms with Crippen molar-refractivity contribution >= 4 is 0 Å². The fourth-order valence-corrected chi connectivity index (χ4v) is 2.37. The van der Waals surface area contributed by atoms with Gasteiger partial charge >= 0.3 is 0 Å². The van der Waals surface area contributed by atoms with Gasteiger partial charge in [0, 0.05) is 12.6 Å². The number of nitrogens with two attached hydrogens (primary N) is 1. The van der Waals surface area contributed by atoms with Gasteiger partial charge in [-0.3, -0.25) is 0 Å². The predicted octanol–water partition coefficient (Wildman–Crippen LogP) is 2.86. The van der Waals surface area contributed by atoms with Gasteiger partial charge in [0.05, 0.1) is 6.61 Å². The zero-order chi connectivity index (χ0) is 13.5. The lowest BCUT2D eigenvalue weighted by Crippen LogP contribution is -2.29. The molecule has 3 nitrogen and oxygen atoms in total. The molecule has 1 aromatic rings. The number of hydrogen-bond donors (Lipinski definition) is 2. The van der Waals surface area contributed by atoms with Crippen molar-refractivity contribution in [3.05, 3.63) is 29.8 Å². The van der Waals surface area contributed by atoms with Crippen molar-refractivity contribution < 1.29 is 4.74 Å². The maximum atomic E-state index is 5.86. The molecule has 3 N–H and O–H groups in total. The minimum atomic E-state index is 0.259. The van der Waals surface area contributed by atoms with Crippen LogP contribution in [-0.2, 0) is 0 Å². The SMILES string of the molecule is CCOc1ccc(C(CN)NCCCC2CC2)cc1. The summed E-state index contributed by atoms with van der Waals surface area (Å²) in [6.07, 6.45) is 5.52. The lowest BCUT2D eigenvalue weighted by molar-refractivity contribution is 0.340. The lowest BCUT2D eigenvalue weighted by atomic mass is 10.1. The Morgan fingerprint density at radius 1 is 1.32 bits per heavy atom. The van der Waals surface area contributed by atoms with Gasteiger partial charge in [0.1, 0.15) is 5.75 Å². The largest absolute Gasteiger partial charge is 0.494 e. The van der Waals surface area contributed by atoms with Crippen LogP contribution < -0.4 is 15.8 Å². The van der Waals surface area contributed by atoms with E-state index >= 15 is 0 Å². The summed E-state index contributed by atoms with van der Waals surface area (Å²) in [5.74, 6) is 1.94. The Labute approximate surface area is 116 Å². The van der Waals surface area contributed by atoms with Crippen molar-refractivity contribution in [1.82, 2.24) is 5.32 Å². The summed E-state index contributed by atoms with van der Waals surface area (Å²) in [5, 5.41) is 3.55. The van der Waals surface area contributed by atoms with Crippen LogP contribution in [0.4, 0.5) is 0 Å². The molecule has 106 valence electrons. The molecule has 1 saturated carbocycles. The van der Waals surface area contributed by atoms with Gasteiger partial charge in [-0.25, -0.2) is 0 Å². The first-order valence-corrected chi connectivity index (χ1v) is 7.49. The zero-order valence-corrected chi connectivity index (χ0v) is 11.9. The first-order chi connectivity index (χ1) is 9.33. The maximum absolute atomic E-state index is 5.86. The summed E-state index contributed by atoms with van der Waals surface area (Å²) >= 11 is 0. The van der Waals surface area contributed by atoms with E-state index in [1.807, 2.05) is 19.1 Å². The van der Waals surface area contributed by atoms with E-state index in [9.17, 15) is 0 Å². The monoisotopic (exact) mass is 262 g/mol. The summed E-state index contributed by atoms with van der Waals surface area (Å²) < 4.78 is 5.45. The predicted molar refractivity (Wildman–Crippen MR) is 79.4 cm³/mol. The Kier molecular flexibility index (Phi) is 5.67. The third-order valence-electron chi connectivity index (χ3n) is 3.71. The number of ether oxygens (including phenoxy) is 1. The van der Waals surface area contributed by atoms with Crippen LogP contribution in [0.15, 0.2) is 24.3 Å². The Balaban J connectivity index is 1.77. The van der Waals surface area contributed by atoms with E-state index in [4.69, 9.17) is 10.5 Å². The quantitative estimate of drug-likeness (QED) is 0.673. The van der Waals surface area contributed by atoms with Crippen LogP contribution in [0.1, 0.15) is 44.2 Å². The Hall–Kier alpha value is -1.06. The standard InChI is InChI=1S/C16H26N2O/c1-2-19-15-9-7-14(8-10-15)16(12-17)18-11-3-4-13-5-6-13/h7-10,13,16,18H,2-6,11-12,17H2,1H3. The fraction of sp³-hybridized carbons (Fsp3) is 0.625. The van der Waals surface area contributed by atoms with E-state index in [0.717, 1.165) is 18.2 Å². The van der Waals surface area contributed by atoms with Crippen molar-refractivity contribution in [2.75, 3.05) is 19.7 Å². The number of hydrogen-bond acceptors (Lipinski definition) is 3. The molecular weight excluding hydrogens is 236 g/mol. The highest BCUT2D eigenvalue weighted by atomic mass is 16.5. The van der Waals surface area contributed by atoms with Gasteiger partial charge in [0.15, 0.2) is 0 Å². The first-order valence-electron chi connectivity index (χ1n) is 7.49. The minimum Gasteiger partial charge on any atom is -0.494 e. The molecule has 0 bridgehead atoms. The van der Waals surface area contributed by atoms with Crippen LogP contribution in [0, 0.1) is 5.92 Å². The smallest absolute Gasteiger partial charge is 0.119 e. The molecule has 1 aromatic carbocycles. The van der Waals surface area contributed by atoms with E-state index < -0.39 is 0 Å². The molecule has 1 aliphatic rings. The van der Waals surface area contributed by atoms with Crippen molar-refractivity contribution in [3.8, 4) is 5.75 Å². The van der Waals surface area contributed by atoms with Gasteiger partial charge in [-0.15, -0.1) is 0 Å². The zero-order valence-electron chi connectivity index (χ0n) is 11.9. The van der Waals surface area contributed by atoms with Gasteiger partial charge in [0.25, 0.3) is 0 Å². The number of rotatable bonds is 9. The van der Waals surface area contributed by atoms with Crippen LogP contribution in [-0.4, -0.2) is 19.7 Å². The molecule has 0 amide bonds. The molecule has 19 heavy (non-hydrogen) atoms. The molecule has 0 heterocycles. The molecule has 1 aliphatic carbocycles. The minimum absolute atomic E-state index is 0.259. The topological polar surface area (TPSA) is 47.3 Å². The van der Waals surface area contributed by atoms with E-state index in [1.54, 1.807) is 0 Å². The van der Waals surface area contributed by atoms with Gasteiger partial charge < -0.3 is 15.8 Å². The summed E-state index contributed by atoms with van der Waals surface area (Å²) in [6, 6.07) is 8.52. The molecular formula is C16H26N2O. The second-order valence-electron chi connectivity index (χ2n) is 5.33. The molecule has 0 saturated heterocycles. The molecule has 0 aliphatic heterocycles. The Bertz CT molecular complexity index is 360. The first kappa shape index (κ1) is 14.4. The normalized spacial score (nSPS) is 16.3. The molecule has 0 aromatic heterocycles. The van der Waals surface area contributed by atoms with E-state index in [-0.39, 0.29) is 6.04 Å². The number of benzene rings is 1. The molecule has 0 radical (unpaired) electrons. The van der Waals surface area contributed by atoms with Crippen LogP contribution in [0.25, 0.3) is 0 Å². The van der Waals surface area contributed by atoms with Crippen molar-refractivity contribution in [1.29, 1.82) is 0 Å². The van der Waals surface area contributed by atoms with E-state index in [2.05, 4.69) is 17.4 Å². The van der Waals surface area contributed by atoms with Crippen molar-refractivity contribution in [2.45, 2.75) is 38.6 Å². The van der Waals surface area contributed by atoms with Crippen LogP contribution >= 0.6 is 0 Å². The Morgan fingerprint density at radius 3 is 2.63 bits per heavy atom. The molecule has 3 heteroatoms. The number of nitrogens with one attached hydrogen (secondary N) is 1. The van der Waals surface area contributed by atoms with E-state index in [0.29, 0.717) is 13.2 Å².